The summed E-state index contributed by atoms with van der Waals surface area (Å²) in [6.07, 6.45) is 1.41. The predicted octanol–water partition coefficient (Wildman–Crippen LogP) is 4.07. The summed E-state index contributed by atoms with van der Waals surface area (Å²) in [5, 5.41) is 14.6. The summed E-state index contributed by atoms with van der Waals surface area (Å²) in [7, 11) is 0. The Balaban J connectivity index is 1.80. The summed E-state index contributed by atoms with van der Waals surface area (Å²) in [6.45, 7) is 3.90. The van der Waals surface area contributed by atoms with Gasteiger partial charge in [0.1, 0.15) is 11.8 Å². The minimum Gasteiger partial charge on any atom is -0.322 e. The topological polar surface area (TPSA) is 94.9 Å². The molecule has 3 aromatic rings. The Morgan fingerprint density at radius 2 is 1.64 bits per heavy atom. The van der Waals surface area contributed by atoms with Crippen LogP contribution in [0.3, 0.4) is 0 Å². The third kappa shape index (κ3) is 4.05. The molecule has 0 saturated heterocycles. The van der Waals surface area contributed by atoms with Crippen LogP contribution < -0.4 is 10.6 Å². The molecule has 28 heavy (non-hydrogen) atoms. The van der Waals surface area contributed by atoms with E-state index in [1.165, 1.54) is 12.3 Å². The number of para-hydroxylation sites is 1. The molecule has 0 fully saturated rings. The molecule has 3 rings (SSSR count). The molecule has 0 aliphatic carbocycles. The first-order chi connectivity index (χ1) is 13.5. The lowest BCUT2D eigenvalue weighted by Gasteiger charge is -2.11. The summed E-state index contributed by atoms with van der Waals surface area (Å²) in [4.78, 5) is 29.1. The molecular formula is C22H18N4O2. The van der Waals surface area contributed by atoms with E-state index in [1.54, 1.807) is 30.3 Å². The standard InChI is InChI=1S/C22H18N4O2/c1-14-6-5-9-18(15(14)2)25-21(27)16-10-11-24-20(12-16)22(28)26-19-8-4-3-7-17(19)13-23/h3-12H,1-2H3,(H,25,27)(H,26,28). The minimum atomic E-state index is -0.496. The van der Waals surface area contributed by atoms with E-state index in [-0.39, 0.29) is 11.6 Å². The van der Waals surface area contributed by atoms with Gasteiger partial charge in [-0.25, -0.2) is 0 Å². The fraction of sp³-hybridized carbons (Fsp3) is 0.0909. The summed E-state index contributed by atoms with van der Waals surface area (Å²) >= 11 is 0. The molecule has 2 aromatic carbocycles. The van der Waals surface area contributed by atoms with E-state index in [9.17, 15) is 9.59 Å². The van der Waals surface area contributed by atoms with E-state index in [4.69, 9.17) is 5.26 Å². The number of aryl methyl sites for hydroxylation is 1. The van der Waals surface area contributed by atoms with Gasteiger partial charge in [-0.1, -0.05) is 24.3 Å². The monoisotopic (exact) mass is 370 g/mol. The molecule has 0 atom stereocenters. The number of rotatable bonds is 4. The lowest BCUT2D eigenvalue weighted by atomic mass is 10.1. The van der Waals surface area contributed by atoms with Crippen LogP contribution in [0.25, 0.3) is 0 Å². The van der Waals surface area contributed by atoms with E-state index in [0.717, 1.165) is 16.8 Å². The highest BCUT2D eigenvalue weighted by Gasteiger charge is 2.14. The molecule has 6 nitrogen and oxygen atoms in total. The Kier molecular flexibility index (Phi) is 5.47. The Hall–Kier alpha value is -3.98. The maximum absolute atomic E-state index is 12.6. The molecule has 0 spiro atoms. The third-order valence-electron chi connectivity index (χ3n) is 4.40. The van der Waals surface area contributed by atoms with Gasteiger partial charge in [-0.15, -0.1) is 0 Å². The lowest BCUT2D eigenvalue weighted by Crippen LogP contribution is -2.17. The van der Waals surface area contributed by atoms with E-state index < -0.39 is 5.91 Å². The van der Waals surface area contributed by atoms with E-state index in [0.29, 0.717) is 16.8 Å². The van der Waals surface area contributed by atoms with Crippen molar-refractivity contribution >= 4 is 23.2 Å². The van der Waals surface area contributed by atoms with Gasteiger partial charge in [0.05, 0.1) is 11.3 Å². The maximum atomic E-state index is 12.6. The number of carbonyl (C=O) groups excluding carboxylic acids is 2. The second-order valence-corrected chi connectivity index (χ2v) is 6.24. The molecule has 1 aromatic heterocycles. The van der Waals surface area contributed by atoms with Gasteiger partial charge < -0.3 is 10.6 Å². The number of benzene rings is 2. The molecule has 2 N–H and O–H groups in total. The number of carbonyl (C=O) groups is 2. The highest BCUT2D eigenvalue weighted by Crippen LogP contribution is 2.19. The van der Waals surface area contributed by atoms with Crippen LogP contribution in [0.4, 0.5) is 11.4 Å². The van der Waals surface area contributed by atoms with Crippen LogP contribution in [0.2, 0.25) is 0 Å². The number of aromatic nitrogens is 1. The Bertz CT molecular complexity index is 1100. The number of anilines is 2. The van der Waals surface area contributed by atoms with Crippen molar-refractivity contribution in [1.29, 1.82) is 5.26 Å². The van der Waals surface area contributed by atoms with E-state index >= 15 is 0 Å². The summed E-state index contributed by atoms with van der Waals surface area (Å²) < 4.78 is 0. The van der Waals surface area contributed by atoms with E-state index in [2.05, 4.69) is 15.6 Å². The van der Waals surface area contributed by atoms with Gasteiger partial charge >= 0.3 is 0 Å². The molecule has 1 heterocycles. The van der Waals surface area contributed by atoms with Gasteiger partial charge in [-0.3, -0.25) is 14.6 Å². The number of pyridine rings is 1. The smallest absolute Gasteiger partial charge is 0.274 e. The maximum Gasteiger partial charge on any atom is 0.274 e. The SMILES string of the molecule is Cc1cccc(NC(=O)c2ccnc(C(=O)Nc3ccccc3C#N)c2)c1C. The number of hydrogen-bond acceptors (Lipinski definition) is 4. The van der Waals surface area contributed by atoms with Crippen molar-refractivity contribution in [2.24, 2.45) is 0 Å². The fourth-order valence-electron chi connectivity index (χ4n) is 2.65. The van der Waals surface area contributed by atoms with Crippen LogP contribution in [0.1, 0.15) is 37.5 Å². The number of nitriles is 1. The summed E-state index contributed by atoms with van der Waals surface area (Å²) in [5.41, 5.74) is 3.91. The summed E-state index contributed by atoms with van der Waals surface area (Å²) in [5.74, 6) is -0.827. The molecule has 0 aliphatic heterocycles. The number of amides is 2. The van der Waals surface area contributed by atoms with Gasteiger partial charge in [0.15, 0.2) is 0 Å². The lowest BCUT2D eigenvalue weighted by molar-refractivity contribution is 0.102. The second-order valence-electron chi connectivity index (χ2n) is 6.24. The average Bonchev–Trinajstić information content (AvgIpc) is 2.72. The Labute approximate surface area is 162 Å². The zero-order valence-corrected chi connectivity index (χ0v) is 15.5. The van der Waals surface area contributed by atoms with Crippen molar-refractivity contribution in [3.63, 3.8) is 0 Å². The van der Waals surface area contributed by atoms with Crippen LogP contribution in [0.15, 0.2) is 60.8 Å². The van der Waals surface area contributed by atoms with Gasteiger partial charge in [0, 0.05) is 17.4 Å². The number of nitrogens with zero attached hydrogens (tertiary/aromatic N) is 2. The zero-order chi connectivity index (χ0) is 20.1. The zero-order valence-electron chi connectivity index (χ0n) is 15.5. The van der Waals surface area contributed by atoms with Gasteiger partial charge in [0.25, 0.3) is 11.8 Å². The first-order valence-electron chi connectivity index (χ1n) is 8.63. The number of hydrogen-bond donors (Lipinski definition) is 2. The first kappa shape index (κ1) is 18.8. The highest BCUT2D eigenvalue weighted by atomic mass is 16.2. The largest absolute Gasteiger partial charge is 0.322 e. The molecular weight excluding hydrogens is 352 g/mol. The number of nitrogens with one attached hydrogen (secondary N) is 2. The molecule has 0 unspecified atom stereocenters. The van der Waals surface area contributed by atoms with Crippen molar-refractivity contribution in [3.05, 3.63) is 88.7 Å². The molecule has 0 aliphatic rings. The highest BCUT2D eigenvalue weighted by molar-refractivity contribution is 6.08. The summed E-state index contributed by atoms with van der Waals surface area (Å²) in [6, 6.07) is 17.3. The van der Waals surface area contributed by atoms with Crippen molar-refractivity contribution in [2.75, 3.05) is 10.6 Å². The molecule has 2 amide bonds. The van der Waals surface area contributed by atoms with Gasteiger partial charge in [-0.2, -0.15) is 5.26 Å². The normalized spacial score (nSPS) is 10.0. The third-order valence-corrected chi connectivity index (χ3v) is 4.40. The van der Waals surface area contributed by atoms with E-state index in [1.807, 2.05) is 38.1 Å². The van der Waals surface area contributed by atoms with Crippen molar-refractivity contribution in [1.82, 2.24) is 4.98 Å². The molecule has 0 saturated carbocycles. The molecule has 0 radical (unpaired) electrons. The van der Waals surface area contributed by atoms with Crippen LogP contribution in [0, 0.1) is 25.2 Å². The van der Waals surface area contributed by atoms with Crippen LogP contribution in [0.5, 0.6) is 0 Å². The van der Waals surface area contributed by atoms with Crippen molar-refractivity contribution in [2.45, 2.75) is 13.8 Å². The average molecular weight is 370 g/mol. The Morgan fingerprint density at radius 3 is 2.43 bits per heavy atom. The molecule has 138 valence electrons. The molecule has 0 bridgehead atoms. The van der Waals surface area contributed by atoms with Crippen LogP contribution in [-0.4, -0.2) is 16.8 Å². The van der Waals surface area contributed by atoms with Crippen LogP contribution >= 0.6 is 0 Å². The van der Waals surface area contributed by atoms with Gasteiger partial charge in [0.2, 0.25) is 0 Å². The quantitative estimate of drug-likeness (QED) is 0.723. The fourth-order valence-corrected chi connectivity index (χ4v) is 2.65. The van der Waals surface area contributed by atoms with Crippen molar-refractivity contribution < 1.29 is 9.59 Å². The predicted molar refractivity (Wildman–Crippen MR) is 107 cm³/mol. The van der Waals surface area contributed by atoms with Gasteiger partial charge in [-0.05, 0) is 55.3 Å². The Morgan fingerprint density at radius 1 is 0.929 bits per heavy atom. The van der Waals surface area contributed by atoms with Crippen LogP contribution in [-0.2, 0) is 0 Å². The first-order valence-corrected chi connectivity index (χ1v) is 8.63. The minimum absolute atomic E-state index is 0.0846. The second kappa shape index (κ2) is 8.14. The molecule has 6 heteroatoms. The van der Waals surface area contributed by atoms with Crippen molar-refractivity contribution in [3.8, 4) is 6.07 Å².